The number of para-hydroxylation sites is 1. The fraction of sp³-hybridized carbons (Fsp3) is 0.405. The molecule has 6 rings (SSSR count). The van der Waals surface area contributed by atoms with Gasteiger partial charge in [-0.2, -0.15) is 0 Å². The molecule has 3 aromatic carbocycles. The Morgan fingerprint density at radius 3 is 2.20 bits per heavy atom. The third kappa shape index (κ3) is 5.76. The van der Waals surface area contributed by atoms with E-state index in [-0.39, 0.29) is 36.7 Å². The molecule has 1 N–H and O–H groups in total. The van der Waals surface area contributed by atoms with Crippen LogP contribution >= 0.6 is 0 Å². The molecule has 9 heteroatoms. The van der Waals surface area contributed by atoms with Gasteiger partial charge in [0, 0.05) is 24.5 Å². The SMILES string of the molecule is C=CCN(C(=O)[C@H]1[C@H]2C(=O)N([C@H](CO)c3ccccc3)C(C(=O)N(CC=C)c3c(C)cccc3C)C23CC(C)[C@]1(C)O3)c1ccc(OCC)cc1. The van der Waals surface area contributed by atoms with Crippen LogP contribution in [-0.4, -0.2) is 71.3 Å². The number of hydrogen-bond acceptors (Lipinski definition) is 6. The van der Waals surface area contributed by atoms with Crippen molar-refractivity contribution in [1.29, 1.82) is 0 Å². The molecule has 2 bridgehead atoms. The molecule has 51 heavy (non-hydrogen) atoms. The van der Waals surface area contributed by atoms with Gasteiger partial charge in [0.25, 0.3) is 5.91 Å². The summed E-state index contributed by atoms with van der Waals surface area (Å²) in [6, 6.07) is 20.4. The van der Waals surface area contributed by atoms with E-state index in [4.69, 9.17) is 9.47 Å². The van der Waals surface area contributed by atoms with Crippen molar-refractivity contribution >= 4 is 29.1 Å². The van der Waals surface area contributed by atoms with Crippen LogP contribution < -0.4 is 14.5 Å². The van der Waals surface area contributed by atoms with Crippen LogP contribution in [0.5, 0.6) is 5.75 Å². The van der Waals surface area contributed by atoms with E-state index in [0.29, 0.717) is 30.0 Å². The molecule has 0 radical (unpaired) electrons. The number of amides is 3. The zero-order valence-corrected chi connectivity index (χ0v) is 30.2. The first-order valence-electron chi connectivity index (χ1n) is 17.8. The molecular weight excluding hydrogens is 642 g/mol. The number of nitrogens with zero attached hydrogens (tertiary/aromatic N) is 3. The van der Waals surface area contributed by atoms with Crippen molar-refractivity contribution in [2.24, 2.45) is 17.8 Å². The molecule has 0 aromatic heterocycles. The summed E-state index contributed by atoms with van der Waals surface area (Å²) in [6.45, 7) is 18.1. The van der Waals surface area contributed by atoms with Gasteiger partial charge in [-0.1, -0.05) is 67.6 Å². The zero-order chi connectivity index (χ0) is 36.7. The molecule has 3 aliphatic heterocycles. The van der Waals surface area contributed by atoms with Gasteiger partial charge in [-0.25, -0.2) is 0 Å². The monoisotopic (exact) mass is 691 g/mol. The van der Waals surface area contributed by atoms with Gasteiger partial charge in [0.1, 0.15) is 17.4 Å². The van der Waals surface area contributed by atoms with E-state index in [0.717, 1.165) is 16.8 Å². The second kappa shape index (κ2) is 14.1. The number of hydrogen-bond donors (Lipinski definition) is 1. The summed E-state index contributed by atoms with van der Waals surface area (Å²) in [5, 5.41) is 11.0. The fourth-order valence-corrected chi connectivity index (χ4v) is 9.01. The predicted molar refractivity (Wildman–Crippen MR) is 199 cm³/mol. The third-order valence-corrected chi connectivity index (χ3v) is 11.3. The van der Waals surface area contributed by atoms with Crippen LogP contribution in [0.25, 0.3) is 0 Å². The van der Waals surface area contributed by atoms with Crippen molar-refractivity contribution in [3.05, 3.63) is 115 Å². The molecule has 3 fully saturated rings. The van der Waals surface area contributed by atoms with Crippen LogP contribution in [0.4, 0.5) is 11.4 Å². The smallest absolute Gasteiger partial charge is 0.253 e. The average Bonchev–Trinajstić information content (AvgIpc) is 3.64. The number of aliphatic hydroxyl groups is 1. The molecule has 3 aromatic rings. The molecule has 3 unspecified atom stereocenters. The van der Waals surface area contributed by atoms with Gasteiger partial charge >= 0.3 is 0 Å². The maximum Gasteiger partial charge on any atom is 0.253 e. The van der Waals surface area contributed by atoms with Gasteiger partial charge in [-0.3, -0.25) is 14.4 Å². The summed E-state index contributed by atoms with van der Waals surface area (Å²) in [5.74, 6) is -2.37. The highest BCUT2D eigenvalue weighted by atomic mass is 16.5. The number of aryl methyl sites for hydroxylation is 2. The lowest BCUT2D eigenvalue weighted by Crippen LogP contribution is -2.58. The molecular formula is C42H49N3O6. The molecule has 268 valence electrons. The highest BCUT2D eigenvalue weighted by Crippen LogP contribution is 2.66. The van der Waals surface area contributed by atoms with E-state index in [2.05, 4.69) is 13.2 Å². The van der Waals surface area contributed by atoms with E-state index in [1.807, 2.05) is 107 Å². The van der Waals surface area contributed by atoms with Crippen LogP contribution in [-0.2, 0) is 19.1 Å². The highest BCUT2D eigenvalue weighted by molar-refractivity contribution is 6.07. The number of fused-ring (bicyclic) bond motifs is 1. The van der Waals surface area contributed by atoms with E-state index in [9.17, 15) is 5.11 Å². The van der Waals surface area contributed by atoms with Crippen molar-refractivity contribution < 1.29 is 29.0 Å². The van der Waals surface area contributed by atoms with E-state index in [1.54, 1.807) is 22.0 Å². The number of likely N-dealkylation sites (tertiary alicyclic amines) is 1. The summed E-state index contributed by atoms with van der Waals surface area (Å²) in [4.78, 5) is 50.5. The Kier molecular flexibility index (Phi) is 9.99. The Labute approximate surface area is 301 Å². The zero-order valence-electron chi connectivity index (χ0n) is 30.2. The quantitative estimate of drug-likeness (QED) is 0.215. The summed E-state index contributed by atoms with van der Waals surface area (Å²) >= 11 is 0. The topological polar surface area (TPSA) is 99.6 Å². The molecule has 3 aliphatic rings. The number of ether oxygens (including phenoxy) is 2. The Bertz CT molecular complexity index is 1790. The van der Waals surface area contributed by atoms with Crippen molar-refractivity contribution in [1.82, 2.24) is 4.90 Å². The van der Waals surface area contributed by atoms with E-state index >= 15 is 14.4 Å². The maximum absolute atomic E-state index is 15.4. The van der Waals surface area contributed by atoms with Crippen LogP contribution in [0.1, 0.15) is 49.9 Å². The summed E-state index contributed by atoms with van der Waals surface area (Å²) in [5.41, 5.74) is 1.48. The molecule has 0 aliphatic carbocycles. The molecule has 3 saturated heterocycles. The number of carbonyl (C=O) groups excluding carboxylic acids is 3. The minimum Gasteiger partial charge on any atom is -0.494 e. The predicted octanol–water partition coefficient (Wildman–Crippen LogP) is 6.18. The van der Waals surface area contributed by atoms with Crippen LogP contribution in [0.15, 0.2) is 98.1 Å². The summed E-state index contributed by atoms with van der Waals surface area (Å²) < 4.78 is 12.8. The fourth-order valence-electron chi connectivity index (χ4n) is 9.01. The number of benzene rings is 3. The van der Waals surface area contributed by atoms with Crippen LogP contribution in [0.3, 0.4) is 0 Å². The number of rotatable bonds is 13. The first-order chi connectivity index (χ1) is 24.5. The van der Waals surface area contributed by atoms with Crippen molar-refractivity contribution in [2.45, 2.75) is 64.3 Å². The van der Waals surface area contributed by atoms with Gasteiger partial charge in [0.2, 0.25) is 11.8 Å². The van der Waals surface area contributed by atoms with Crippen molar-refractivity contribution in [3.8, 4) is 5.75 Å². The van der Waals surface area contributed by atoms with Crippen molar-refractivity contribution in [2.75, 3.05) is 36.1 Å². The first-order valence-corrected chi connectivity index (χ1v) is 17.8. The lowest BCUT2D eigenvalue weighted by atomic mass is 9.62. The van der Waals surface area contributed by atoms with E-state index < -0.39 is 41.7 Å². The Hall–Kier alpha value is -4.73. The second-order valence-electron chi connectivity index (χ2n) is 14.2. The highest BCUT2D eigenvalue weighted by Gasteiger charge is 2.80. The number of anilines is 2. The lowest BCUT2D eigenvalue weighted by Gasteiger charge is -2.40. The largest absolute Gasteiger partial charge is 0.494 e. The summed E-state index contributed by atoms with van der Waals surface area (Å²) in [6.07, 6.45) is 3.73. The van der Waals surface area contributed by atoms with Gasteiger partial charge in [0.05, 0.1) is 36.7 Å². The van der Waals surface area contributed by atoms with Gasteiger partial charge in [0.15, 0.2) is 0 Å². The molecule has 3 amide bonds. The lowest BCUT2D eigenvalue weighted by molar-refractivity contribution is -0.149. The van der Waals surface area contributed by atoms with Crippen molar-refractivity contribution in [3.63, 3.8) is 0 Å². The second-order valence-corrected chi connectivity index (χ2v) is 14.2. The van der Waals surface area contributed by atoms with Gasteiger partial charge in [-0.05, 0) is 81.0 Å². The minimum atomic E-state index is -1.33. The molecule has 3 heterocycles. The Balaban J connectivity index is 1.52. The standard InChI is InChI=1S/C42H49N3O6/c1-8-23-43(31-19-21-32(22-20-31)50-10-3)38(47)34-35-39(48)45(33(26-46)30-17-12-11-13-18-30)37(42(35)25-29(6)41(34,7)51-42)40(49)44(24-9-2)36-27(4)15-14-16-28(36)5/h8-9,11-22,29,33-35,37,46H,1-2,10,23-26H2,3-7H3/t29?,33-,34-,35+,37?,41+,42?/m1/s1. The minimum absolute atomic E-state index is 0.172. The molecule has 0 saturated carbocycles. The van der Waals surface area contributed by atoms with Crippen LogP contribution in [0.2, 0.25) is 0 Å². The average molecular weight is 692 g/mol. The molecule has 9 nitrogen and oxygen atoms in total. The summed E-state index contributed by atoms with van der Waals surface area (Å²) in [7, 11) is 0. The van der Waals surface area contributed by atoms with E-state index in [1.165, 1.54) is 4.90 Å². The third-order valence-electron chi connectivity index (χ3n) is 11.3. The Morgan fingerprint density at radius 2 is 1.61 bits per heavy atom. The molecule has 1 spiro atoms. The molecule has 7 atom stereocenters. The van der Waals surface area contributed by atoms with Gasteiger partial charge in [-0.15, -0.1) is 13.2 Å². The maximum atomic E-state index is 15.4. The number of aliphatic hydroxyl groups excluding tert-OH is 1. The van der Waals surface area contributed by atoms with Crippen LogP contribution in [0, 0.1) is 31.6 Å². The Morgan fingerprint density at radius 1 is 0.980 bits per heavy atom. The van der Waals surface area contributed by atoms with Gasteiger partial charge < -0.3 is 29.3 Å². The number of carbonyl (C=O) groups is 3. The normalized spacial score (nSPS) is 26.8. The first kappa shape index (κ1) is 36.1.